The van der Waals surface area contributed by atoms with Crippen molar-refractivity contribution in [1.82, 2.24) is 0 Å². The molecule has 0 aromatic heterocycles. The number of amidine groups is 1. The number of hydrogen-bond donors (Lipinski definition) is 3. The van der Waals surface area contributed by atoms with Gasteiger partial charge in [-0.2, -0.15) is 8.78 Å². The lowest BCUT2D eigenvalue weighted by molar-refractivity contribution is 0.400. The Kier molecular flexibility index (Phi) is 9.14. The van der Waals surface area contributed by atoms with Crippen molar-refractivity contribution >= 4 is 17.8 Å². The Morgan fingerprint density at radius 2 is 1.67 bits per heavy atom. The van der Waals surface area contributed by atoms with E-state index in [-0.39, 0.29) is 5.17 Å². The summed E-state index contributed by atoms with van der Waals surface area (Å²) in [6.45, 7) is 0. The molecule has 0 radical (unpaired) electrons. The molecule has 9 heavy (non-hydrogen) atoms. The van der Waals surface area contributed by atoms with Gasteiger partial charge in [-0.1, -0.05) is 0 Å². The highest BCUT2D eigenvalue weighted by Gasteiger charge is 1.78. The van der Waals surface area contributed by atoms with Gasteiger partial charge in [0.1, 0.15) is 5.17 Å². The summed E-state index contributed by atoms with van der Waals surface area (Å²) in [7, 11) is 0. The number of rotatable bonds is 0. The van der Waals surface area contributed by atoms with Crippen LogP contribution in [-0.2, 0) is 0 Å². The van der Waals surface area contributed by atoms with E-state index in [1.54, 1.807) is 0 Å². The summed E-state index contributed by atoms with van der Waals surface area (Å²) in [5.41, 5.74) is 4.56. The first-order valence-electron chi connectivity index (χ1n) is 1.65. The minimum atomic E-state index is -2.29. The predicted octanol–water partition coefficient (Wildman–Crippen LogP) is 1.50. The van der Waals surface area contributed by atoms with Gasteiger partial charge in [0, 0.05) is 0 Å². The van der Waals surface area contributed by atoms with Crippen LogP contribution in [0, 0.1) is 5.41 Å². The lowest BCUT2D eigenvalue weighted by Crippen LogP contribution is -1.96. The third-order valence-electron chi connectivity index (χ3n) is 0.0825. The molecular weight excluding hydrogens is 153 g/mol. The molecule has 0 aromatic rings. The van der Waals surface area contributed by atoms with Gasteiger partial charge in [0.25, 0.3) is 6.08 Å². The van der Waals surface area contributed by atoms with Gasteiger partial charge < -0.3 is 5.73 Å². The van der Waals surface area contributed by atoms with Crippen molar-refractivity contribution < 1.29 is 13.2 Å². The summed E-state index contributed by atoms with van der Waals surface area (Å²) in [5, 5.41) is 6.00. The molecule has 0 unspecified atom stereocenters. The van der Waals surface area contributed by atoms with Gasteiger partial charge in [0.05, 0.1) is 0 Å². The molecule has 0 aliphatic heterocycles. The lowest BCUT2D eigenvalue weighted by atomic mass is 11.1. The monoisotopic (exact) mass is 158 g/mol. The molecule has 0 aliphatic carbocycles. The van der Waals surface area contributed by atoms with E-state index in [2.05, 4.69) is 18.4 Å². The molecule has 0 aromatic carbocycles. The zero-order valence-corrected chi connectivity index (χ0v) is 5.13. The number of hydrogen-bond acceptors (Lipinski definition) is 1. The van der Waals surface area contributed by atoms with Crippen LogP contribution < -0.4 is 5.73 Å². The van der Waals surface area contributed by atoms with Gasteiger partial charge in [-0.3, -0.25) is 5.41 Å². The number of nitrogens with two attached hydrogens (primary N) is 1. The van der Waals surface area contributed by atoms with E-state index in [0.29, 0.717) is 0 Å². The predicted molar refractivity (Wildman–Crippen MR) is 32.3 cm³/mol. The summed E-state index contributed by atoms with van der Waals surface area (Å²) in [6.07, 6.45) is -3.04. The quantitative estimate of drug-likeness (QED) is 0.279. The first-order valence-corrected chi connectivity index (χ1v) is 2.09. The smallest absolute Gasteiger partial charge is 0.298 e. The van der Waals surface area contributed by atoms with Crippen molar-refractivity contribution in [3.8, 4) is 0 Å². The molecule has 2 nitrogen and oxygen atoms in total. The number of halogens is 3. The van der Waals surface area contributed by atoms with Crippen molar-refractivity contribution in [2.24, 2.45) is 5.73 Å². The van der Waals surface area contributed by atoms with E-state index in [4.69, 9.17) is 5.41 Å². The Morgan fingerprint density at radius 3 is 1.67 bits per heavy atom. The second-order valence-electron chi connectivity index (χ2n) is 0.784. The first-order chi connectivity index (χ1) is 4.00. The summed E-state index contributed by atoms with van der Waals surface area (Å²) in [5.74, 6) is 0. The fraction of sp³-hybridized carbons (Fsp3) is 0. The topological polar surface area (TPSA) is 49.9 Å². The zero-order valence-electron chi connectivity index (χ0n) is 4.24. The Morgan fingerprint density at radius 1 is 1.56 bits per heavy atom. The summed E-state index contributed by atoms with van der Waals surface area (Å²) in [4.78, 5) is 0. The molecule has 0 heterocycles. The molecule has 0 rings (SSSR count). The average Bonchev–Trinajstić information content (AvgIpc) is 1.65. The SMILES string of the molecule is FC=C(F)F.N=C(N)S. The van der Waals surface area contributed by atoms with Crippen molar-refractivity contribution in [2.45, 2.75) is 0 Å². The van der Waals surface area contributed by atoms with E-state index in [0.717, 1.165) is 0 Å². The standard InChI is InChI=1S/C2HF3.CH4N2S/c3-1-2(4)5;2-1(3)4/h1H;(H4,2,3,4). The Balaban J connectivity index is 0. The maximum absolute atomic E-state index is 10.2. The fourth-order valence-corrected chi connectivity index (χ4v) is 0. The molecule has 0 saturated carbocycles. The Bertz CT molecular complexity index is 106. The highest BCUT2D eigenvalue weighted by Crippen LogP contribution is 1.93. The second kappa shape index (κ2) is 7.35. The average molecular weight is 158 g/mol. The molecule has 0 saturated heterocycles. The van der Waals surface area contributed by atoms with Crippen LogP contribution in [0.1, 0.15) is 0 Å². The number of thiol groups is 1. The van der Waals surface area contributed by atoms with Crippen LogP contribution in [0.25, 0.3) is 0 Å². The van der Waals surface area contributed by atoms with E-state index in [1.165, 1.54) is 0 Å². The van der Waals surface area contributed by atoms with Crippen LogP contribution in [0.2, 0.25) is 0 Å². The Hall–Kier alpha value is -0.650. The van der Waals surface area contributed by atoms with Crippen LogP contribution in [-0.4, -0.2) is 5.17 Å². The van der Waals surface area contributed by atoms with Crippen molar-refractivity contribution in [2.75, 3.05) is 0 Å². The van der Waals surface area contributed by atoms with Crippen LogP contribution in [0.3, 0.4) is 0 Å². The van der Waals surface area contributed by atoms with Gasteiger partial charge in [0.15, 0.2) is 6.33 Å². The first kappa shape index (κ1) is 11.2. The van der Waals surface area contributed by atoms with Crippen molar-refractivity contribution in [1.29, 1.82) is 5.41 Å². The summed E-state index contributed by atoms with van der Waals surface area (Å²) in [6, 6.07) is 0. The van der Waals surface area contributed by atoms with Crippen LogP contribution in [0.15, 0.2) is 12.4 Å². The maximum atomic E-state index is 10.2. The van der Waals surface area contributed by atoms with Crippen LogP contribution >= 0.6 is 12.6 Å². The molecule has 0 aliphatic rings. The molecular formula is C3H5F3N2S. The largest absolute Gasteiger partial charge is 0.379 e. The minimum absolute atomic E-state index is 0.139. The minimum Gasteiger partial charge on any atom is -0.379 e. The van der Waals surface area contributed by atoms with E-state index in [1.807, 2.05) is 0 Å². The zero-order chi connectivity index (χ0) is 7.86. The van der Waals surface area contributed by atoms with Gasteiger partial charge >= 0.3 is 0 Å². The fourth-order valence-electron chi connectivity index (χ4n) is 0. The van der Waals surface area contributed by atoms with Crippen LogP contribution in [0.5, 0.6) is 0 Å². The maximum Gasteiger partial charge on any atom is 0.298 e. The molecule has 54 valence electrons. The van der Waals surface area contributed by atoms with E-state index in [9.17, 15) is 13.2 Å². The molecule has 0 spiro atoms. The van der Waals surface area contributed by atoms with Gasteiger partial charge in [-0.05, 0) is 0 Å². The third kappa shape index (κ3) is 115. The van der Waals surface area contributed by atoms with E-state index >= 15 is 0 Å². The van der Waals surface area contributed by atoms with Crippen LogP contribution in [0.4, 0.5) is 13.2 Å². The van der Waals surface area contributed by atoms with Gasteiger partial charge in [-0.25, -0.2) is 4.39 Å². The van der Waals surface area contributed by atoms with Crippen molar-refractivity contribution in [3.05, 3.63) is 12.4 Å². The highest BCUT2D eigenvalue weighted by molar-refractivity contribution is 7.96. The third-order valence-corrected chi connectivity index (χ3v) is 0.0825. The molecule has 3 N–H and O–H groups in total. The molecule has 0 fully saturated rings. The highest BCUT2D eigenvalue weighted by atomic mass is 32.1. The normalized spacial score (nSPS) is 6.67. The molecule has 0 amide bonds. The number of nitrogens with one attached hydrogen (secondary N) is 1. The van der Waals surface area contributed by atoms with Gasteiger partial charge in [-0.15, -0.1) is 12.6 Å². The second-order valence-corrected chi connectivity index (χ2v) is 1.27. The summed E-state index contributed by atoms with van der Waals surface area (Å²) >= 11 is 3.33. The Labute approximate surface area is 55.5 Å². The lowest BCUT2D eigenvalue weighted by Gasteiger charge is -1.65. The van der Waals surface area contributed by atoms with E-state index < -0.39 is 12.4 Å². The molecule has 0 atom stereocenters. The summed E-state index contributed by atoms with van der Waals surface area (Å²) < 4.78 is 30.7. The van der Waals surface area contributed by atoms with Crippen molar-refractivity contribution in [3.63, 3.8) is 0 Å². The molecule has 6 heteroatoms. The van der Waals surface area contributed by atoms with Gasteiger partial charge in [0.2, 0.25) is 0 Å². The molecule has 0 bridgehead atoms.